The Labute approximate surface area is 156 Å². The molecular weight excluding hydrogens is 328 g/mol. The van der Waals surface area contributed by atoms with E-state index in [1.54, 1.807) is 4.90 Å². The average molecular weight is 360 g/mol. The Morgan fingerprint density at radius 1 is 1.19 bits per heavy atom. The normalized spacial score (nSPS) is 24.3. The molecule has 1 aliphatic carbocycles. The van der Waals surface area contributed by atoms with E-state index in [1.165, 1.54) is 37.7 Å². The summed E-state index contributed by atoms with van der Waals surface area (Å²) < 4.78 is 11.2. The van der Waals surface area contributed by atoms with Crippen LogP contribution in [0.3, 0.4) is 0 Å². The first-order chi connectivity index (χ1) is 12.4. The number of carbonyl (C=O) groups excluding carboxylic acids is 1. The number of ether oxygens (including phenoxy) is 1. The summed E-state index contributed by atoms with van der Waals surface area (Å²) in [4.78, 5) is 14.3. The standard InChI is InChI=1S/C21H32N2O3/c1-21(2,3)25-20(24)23-14-10-13-18(23)19-15-17(22-26-19)16-11-8-6-4-5-7-9-12-16/h11,15,18H,4-10,12-14H2,1-3H3/b16-11+/t18-/m0/s1. The lowest BCUT2D eigenvalue weighted by Gasteiger charge is -2.27. The monoisotopic (exact) mass is 360 g/mol. The maximum absolute atomic E-state index is 12.5. The van der Waals surface area contributed by atoms with Crippen molar-refractivity contribution in [1.82, 2.24) is 10.1 Å². The van der Waals surface area contributed by atoms with Crippen molar-refractivity contribution in [3.63, 3.8) is 0 Å². The van der Waals surface area contributed by atoms with Gasteiger partial charge in [-0.2, -0.15) is 0 Å². The quantitative estimate of drug-likeness (QED) is 0.661. The van der Waals surface area contributed by atoms with Crippen molar-refractivity contribution in [1.29, 1.82) is 0 Å². The molecule has 0 spiro atoms. The number of allylic oxidation sites excluding steroid dienone is 2. The molecule has 1 fully saturated rings. The zero-order valence-corrected chi connectivity index (χ0v) is 16.4. The van der Waals surface area contributed by atoms with Crippen molar-refractivity contribution in [2.45, 2.75) is 90.2 Å². The summed E-state index contributed by atoms with van der Waals surface area (Å²) >= 11 is 0. The average Bonchev–Trinajstić information content (AvgIpc) is 3.24. The molecule has 1 aliphatic heterocycles. The second kappa shape index (κ2) is 8.28. The molecule has 5 heteroatoms. The van der Waals surface area contributed by atoms with E-state index in [-0.39, 0.29) is 12.1 Å². The lowest BCUT2D eigenvalue weighted by molar-refractivity contribution is 0.0204. The van der Waals surface area contributed by atoms with Crippen molar-refractivity contribution < 1.29 is 14.1 Å². The van der Waals surface area contributed by atoms with Gasteiger partial charge in [0.05, 0.1) is 6.04 Å². The zero-order valence-electron chi connectivity index (χ0n) is 16.4. The molecule has 0 aromatic carbocycles. The molecule has 5 nitrogen and oxygen atoms in total. The molecule has 1 amide bonds. The van der Waals surface area contributed by atoms with Crippen LogP contribution in [0, 0.1) is 0 Å². The van der Waals surface area contributed by atoms with Crippen LogP contribution in [0.15, 0.2) is 16.7 Å². The summed E-state index contributed by atoms with van der Waals surface area (Å²) in [7, 11) is 0. The Bertz CT molecular complexity index is 642. The van der Waals surface area contributed by atoms with Crippen molar-refractivity contribution in [2.75, 3.05) is 6.54 Å². The van der Waals surface area contributed by atoms with Gasteiger partial charge >= 0.3 is 6.09 Å². The summed E-state index contributed by atoms with van der Waals surface area (Å²) in [6, 6.07) is 1.97. The Morgan fingerprint density at radius 3 is 2.77 bits per heavy atom. The summed E-state index contributed by atoms with van der Waals surface area (Å²) in [6.07, 6.45) is 12.5. The highest BCUT2D eigenvalue weighted by molar-refractivity contribution is 5.69. The lowest BCUT2D eigenvalue weighted by Crippen LogP contribution is -2.36. The number of aromatic nitrogens is 1. The van der Waals surface area contributed by atoms with Gasteiger partial charge in [-0.1, -0.05) is 30.5 Å². The Morgan fingerprint density at radius 2 is 1.96 bits per heavy atom. The van der Waals surface area contributed by atoms with Gasteiger partial charge in [-0.3, -0.25) is 4.90 Å². The van der Waals surface area contributed by atoms with E-state index in [0.717, 1.165) is 37.1 Å². The van der Waals surface area contributed by atoms with Crippen LogP contribution >= 0.6 is 0 Å². The highest BCUT2D eigenvalue weighted by atomic mass is 16.6. The molecular formula is C21H32N2O3. The summed E-state index contributed by atoms with van der Waals surface area (Å²) in [5, 5.41) is 4.33. The van der Waals surface area contributed by atoms with Crippen LogP contribution in [0.2, 0.25) is 0 Å². The first kappa shape index (κ1) is 19.0. The van der Waals surface area contributed by atoms with Gasteiger partial charge in [0.25, 0.3) is 0 Å². The topological polar surface area (TPSA) is 55.6 Å². The lowest BCUT2D eigenvalue weighted by atomic mass is 10.0. The number of nitrogens with zero attached hydrogens (tertiary/aromatic N) is 2. The predicted octanol–water partition coefficient (Wildman–Crippen LogP) is 5.87. The van der Waals surface area contributed by atoms with Crippen molar-refractivity contribution in [3.8, 4) is 0 Å². The van der Waals surface area contributed by atoms with E-state index < -0.39 is 5.60 Å². The fourth-order valence-electron chi connectivity index (χ4n) is 3.80. The Balaban J connectivity index is 1.72. The van der Waals surface area contributed by atoms with Gasteiger partial charge in [0.1, 0.15) is 11.3 Å². The van der Waals surface area contributed by atoms with E-state index in [4.69, 9.17) is 9.26 Å². The van der Waals surface area contributed by atoms with Gasteiger partial charge < -0.3 is 9.26 Å². The second-order valence-corrected chi connectivity index (χ2v) is 8.48. The van der Waals surface area contributed by atoms with Gasteiger partial charge in [0, 0.05) is 12.6 Å². The molecule has 1 aromatic heterocycles. The smallest absolute Gasteiger partial charge is 0.410 e. The highest BCUT2D eigenvalue weighted by Crippen LogP contribution is 2.35. The number of rotatable bonds is 2. The Hall–Kier alpha value is -1.78. The van der Waals surface area contributed by atoms with Gasteiger partial charge in [0.2, 0.25) is 0 Å². The van der Waals surface area contributed by atoms with Crippen LogP contribution in [0.5, 0.6) is 0 Å². The third kappa shape index (κ3) is 4.89. The molecule has 0 saturated carbocycles. The first-order valence-corrected chi connectivity index (χ1v) is 10.1. The SMILES string of the molecule is CC(C)(C)OC(=O)N1CCC[C@H]1c1cc(/C2=C/CCCCCCC2)no1. The largest absolute Gasteiger partial charge is 0.444 e. The minimum Gasteiger partial charge on any atom is -0.444 e. The predicted molar refractivity (Wildman–Crippen MR) is 102 cm³/mol. The number of likely N-dealkylation sites (tertiary alicyclic amines) is 1. The van der Waals surface area contributed by atoms with Gasteiger partial charge in [-0.05, 0) is 64.9 Å². The van der Waals surface area contributed by atoms with Gasteiger partial charge in [-0.25, -0.2) is 4.79 Å². The third-order valence-corrected chi connectivity index (χ3v) is 5.11. The number of hydrogen-bond acceptors (Lipinski definition) is 4. The molecule has 0 N–H and O–H groups in total. The third-order valence-electron chi connectivity index (χ3n) is 5.11. The molecule has 1 aromatic rings. The van der Waals surface area contributed by atoms with Crippen molar-refractivity contribution in [2.24, 2.45) is 0 Å². The van der Waals surface area contributed by atoms with Crippen molar-refractivity contribution in [3.05, 3.63) is 23.6 Å². The maximum atomic E-state index is 12.5. The number of hydrogen-bond donors (Lipinski definition) is 0. The summed E-state index contributed by atoms with van der Waals surface area (Å²) in [5.74, 6) is 0.782. The molecule has 26 heavy (non-hydrogen) atoms. The van der Waals surface area contributed by atoms with Crippen LogP contribution in [0.25, 0.3) is 5.57 Å². The fraction of sp³-hybridized carbons (Fsp3) is 0.714. The highest BCUT2D eigenvalue weighted by Gasteiger charge is 2.35. The summed E-state index contributed by atoms with van der Waals surface area (Å²) in [6.45, 7) is 6.39. The van der Waals surface area contributed by atoms with E-state index in [0.29, 0.717) is 6.54 Å². The van der Waals surface area contributed by atoms with Crippen LogP contribution in [0.4, 0.5) is 4.79 Å². The molecule has 144 valence electrons. The zero-order chi connectivity index (χ0) is 18.6. The minimum absolute atomic E-state index is 0.0666. The minimum atomic E-state index is -0.487. The van der Waals surface area contributed by atoms with E-state index >= 15 is 0 Å². The molecule has 0 bridgehead atoms. The maximum Gasteiger partial charge on any atom is 0.410 e. The first-order valence-electron chi connectivity index (χ1n) is 10.1. The van der Waals surface area contributed by atoms with E-state index in [1.807, 2.05) is 26.8 Å². The van der Waals surface area contributed by atoms with Crippen molar-refractivity contribution >= 4 is 11.7 Å². The van der Waals surface area contributed by atoms with Crippen LogP contribution < -0.4 is 0 Å². The fourth-order valence-corrected chi connectivity index (χ4v) is 3.80. The molecule has 3 rings (SSSR count). The number of carbonyl (C=O) groups is 1. The van der Waals surface area contributed by atoms with Crippen LogP contribution in [-0.2, 0) is 4.74 Å². The molecule has 1 atom stereocenters. The molecule has 2 heterocycles. The van der Waals surface area contributed by atoms with Gasteiger partial charge in [0.15, 0.2) is 5.76 Å². The van der Waals surface area contributed by atoms with E-state index in [9.17, 15) is 4.79 Å². The molecule has 0 unspecified atom stereocenters. The number of amides is 1. The molecule has 1 saturated heterocycles. The summed E-state index contributed by atoms with van der Waals surface area (Å²) in [5.41, 5.74) is 1.75. The second-order valence-electron chi connectivity index (χ2n) is 8.48. The van der Waals surface area contributed by atoms with E-state index in [2.05, 4.69) is 11.2 Å². The molecule has 0 radical (unpaired) electrons. The molecule has 2 aliphatic rings. The van der Waals surface area contributed by atoms with Crippen LogP contribution in [0.1, 0.15) is 96.1 Å². The Kier molecular flexibility index (Phi) is 6.05. The van der Waals surface area contributed by atoms with Crippen LogP contribution in [-0.4, -0.2) is 28.3 Å². The van der Waals surface area contributed by atoms with Gasteiger partial charge in [-0.15, -0.1) is 0 Å².